The molecular formula is C22H17Cl2N3O. The molecule has 0 aliphatic carbocycles. The van der Waals surface area contributed by atoms with E-state index in [4.69, 9.17) is 28.2 Å². The van der Waals surface area contributed by atoms with Crippen molar-refractivity contribution in [3.8, 4) is 11.3 Å². The monoisotopic (exact) mass is 409 g/mol. The van der Waals surface area contributed by atoms with E-state index in [-0.39, 0.29) is 12.3 Å². The number of pyridine rings is 1. The number of hydrogen-bond donors (Lipinski definition) is 1. The van der Waals surface area contributed by atoms with Gasteiger partial charge in [0.1, 0.15) is 17.2 Å². The van der Waals surface area contributed by atoms with E-state index in [2.05, 4.69) is 5.32 Å². The predicted molar refractivity (Wildman–Crippen MR) is 114 cm³/mol. The zero-order valence-electron chi connectivity index (χ0n) is 15.1. The van der Waals surface area contributed by atoms with Crippen LogP contribution in [0.4, 0.5) is 5.82 Å². The van der Waals surface area contributed by atoms with Gasteiger partial charge in [-0.2, -0.15) is 0 Å². The van der Waals surface area contributed by atoms with Crippen LogP contribution in [0.2, 0.25) is 10.0 Å². The fourth-order valence-corrected chi connectivity index (χ4v) is 3.42. The summed E-state index contributed by atoms with van der Waals surface area (Å²) in [6.45, 7) is 1.98. The smallest absolute Gasteiger partial charge is 0.229 e. The zero-order valence-corrected chi connectivity index (χ0v) is 16.6. The number of fused-ring (bicyclic) bond motifs is 1. The van der Waals surface area contributed by atoms with E-state index in [9.17, 15) is 4.79 Å². The van der Waals surface area contributed by atoms with Crippen LogP contribution in [0, 0.1) is 6.92 Å². The Hall–Kier alpha value is -2.82. The van der Waals surface area contributed by atoms with E-state index in [0.717, 1.165) is 22.3 Å². The minimum absolute atomic E-state index is 0.115. The van der Waals surface area contributed by atoms with Crippen molar-refractivity contribution in [2.75, 3.05) is 5.32 Å². The Balaban J connectivity index is 1.78. The summed E-state index contributed by atoms with van der Waals surface area (Å²) in [5, 5.41) is 3.94. The first-order chi connectivity index (χ1) is 13.5. The molecule has 0 fully saturated rings. The first-order valence-corrected chi connectivity index (χ1v) is 9.55. The minimum Gasteiger partial charge on any atom is -0.310 e. The Kier molecular flexibility index (Phi) is 5.07. The number of aryl methyl sites for hydroxylation is 1. The number of hydrogen-bond acceptors (Lipinski definition) is 2. The van der Waals surface area contributed by atoms with E-state index in [1.54, 1.807) is 12.1 Å². The van der Waals surface area contributed by atoms with Gasteiger partial charge in [-0.1, -0.05) is 65.7 Å². The molecule has 0 aliphatic heterocycles. The number of benzene rings is 2. The summed E-state index contributed by atoms with van der Waals surface area (Å²) < 4.78 is 1.88. The van der Waals surface area contributed by atoms with E-state index in [1.165, 1.54) is 0 Å². The van der Waals surface area contributed by atoms with Crippen LogP contribution >= 0.6 is 23.2 Å². The second-order valence-corrected chi connectivity index (χ2v) is 7.35. The SMILES string of the molecule is Cc1cccn2c(NC(=O)Cc3ccccc3)c(-c3ccc(Cl)c(Cl)c3)nc12. The van der Waals surface area contributed by atoms with Gasteiger partial charge in [0.25, 0.3) is 0 Å². The molecule has 0 bridgehead atoms. The Bertz CT molecular complexity index is 1170. The molecule has 0 spiro atoms. The third kappa shape index (κ3) is 3.61. The van der Waals surface area contributed by atoms with Crippen molar-refractivity contribution in [3.63, 3.8) is 0 Å². The molecule has 0 radical (unpaired) electrons. The molecule has 2 aromatic carbocycles. The highest BCUT2D eigenvalue weighted by Gasteiger charge is 2.18. The lowest BCUT2D eigenvalue weighted by atomic mass is 10.1. The van der Waals surface area contributed by atoms with Gasteiger partial charge < -0.3 is 5.32 Å². The van der Waals surface area contributed by atoms with Gasteiger partial charge in [-0.25, -0.2) is 4.98 Å². The van der Waals surface area contributed by atoms with Crippen LogP contribution < -0.4 is 5.32 Å². The summed E-state index contributed by atoms with van der Waals surface area (Å²) in [5.41, 5.74) is 4.16. The first kappa shape index (κ1) is 18.5. The molecule has 0 saturated heterocycles. The van der Waals surface area contributed by atoms with Crippen molar-refractivity contribution in [1.29, 1.82) is 0 Å². The number of rotatable bonds is 4. The molecule has 2 aromatic heterocycles. The van der Waals surface area contributed by atoms with Gasteiger partial charge in [0.05, 0.1) is 16.5 Å². The van der Waals surface area contributed by atoms with Crippen LogP contribution in [0.3, 0.4) is 0 Å². The molecule has 4 nitrogen and oxygen atoms in total. The summed E-state index contributed by atoms with van der Waals surface area (Å²) in [7, 11) is 0. The van der Waals surface area contributed by atoms with Crippen LogP contribution in [0.1, 0.15) is 11.1 Å². The summed E-state index contributed by atoms with van der Waals surface area (Å²) in [6.07, 6.45) is 2.16. The van der Waals surface area contributed by atoms with Gasteiger partial charge in [-0.05, 0) is 36.2 Å². The molecule has 0 saturated carbocycles. The fourth-order valence-electron chi connectivity index (χ4n) is 3.13. The average molecular weight is 410 g/mol. The molecule has 0 atom stereocenters. The first-order valence-electron chi connectivity index (χ1n) is 8.80. The van der Waals surface area contributed by atoms with Crippen LogP contribution in [0.15, 0.2) is 66.9 Å². The van der Waals surface area contributed by atoms with Crippen molar-refractivity contribution in [1.82, 2.24) is 9.38 Å². The lowest BCUT2D eigenvalue weighted by Gasteiger charge is -2.09. The summed E-state index contributed by atoms with van der Waals surface area (Å²) >= 11 is 12.3. The van der Waals surface area contributed by atoms with Crippen molar-refractivity contribution in [2.24, 2.45) is 0 Å². The van der Waals surface area contributed by atoms with Crippen molar-refractivity contribution in [3.05, 3.63) is 88.0 Å². The number of aromatic nitrogens is 2. The van der Waals surface area contributed by atoms with E-state index >= 15 is 0 Å². The van der Waals surface area contributed by atoms with Crippen LogP contribution in [-0.4, -0.2) is 15.3 Å². The normalized spacial score (nSPS) is 11.0. The Morgan fingerprint density at radius 3 is 2.57 bits per heavy atom. The number of carbonyl (C=O) groups excluding carboxylic acids is 1. The molecule has 4 aromatic rings. The molecule has 0 aliphatic rings. The van der Waals surface area contributed by atoms with Crippen molar-refractivity contribution in [2.45, 2.75) is 13.3 Å². The number of nitrogens with zero attached hydrogens (tertiary/aromatic N) is 2. The Morgan fingerprint density at radius 2 is 1.82 bits per heavy atom. The summed E-state index contributed by atoms with van der Waals surface area (Å²) in [4.78, 5) is 17.5. The second kappa shape index (κ2) is 7.66. The maximum absolute atomic E-state index is 12.7. The van der Waals surface area contributed by atoms with Gasteiger partial charge in [0, 0.05) is 11.8 Å². The number of carbonyl (C=O) groups is 1. The molecule has 2 heterocycles. The molecule has 28 heavy (non-hydrogen) atoms. The molecular weight excluding hydrogens is 393 g/mol. The number of halogens is 2. The number of amides is 1. The maximum Gasteiger partial charge on any atom is 0.229 e. The predicted octanol–water partition coefficient (Wildman–Crippen LogP) is 5.80. The van der Waals surface area contributed by atoms with Crippen LogP contribution in [0.5, 0.6) is 0 Å². The number of imidazole rings is 1. The molecule has 0 unspecified atom stereocenters. The molecule has 140 valence electrons. The highest BCUT2D eigenvalue weighted by Crippen LogP contribution is 2.33. The summed E-state index contributed by atoms with van der Waals surface area (Å²) in [6, 6.07) is 18.9. The topological polar surface area (TPSA) is 46.4 Å². The third-order valence-electron chi connectivity index (χ3n) is 4.50. The largest absolute Gasteiger partial charge is 0.310 e. The van der Waals surface area contributed by atoms with Gasteiger partial charge in [-0.15, -0.1) is 0 Å². The van der Waals surface area contributed by atoms with E-state index in [0.29, 0.717) is 21.6 Å². The molecule has 1 N–H and O–H groups in total. The maximum atomic E-state index is 12.7. The van der Waals surface area contributed by atoms with Crippen LogP contribution in [-0.2, 0) is 11.2 Å². The van der Waals surface area contributed by atoms with Crippen LogP contribution in [0.25, 0.3) is 16.9 Å². The summed E-state index contributed by atoms with van der Waals surface area (Å²) in [5.74, 6) is 0.494. The van der Waals surface area contributed by atoms with Crippen molar-refractivity contribution >= 4 is 40.6 Å². The lowest BCUT2D eigenvalue weighted by Crippen LogP contribution is -2.16. The fraction of sp³-hybridized carbons (Fsp3) is 0.0909. The van der Waals surface area contributed by atoms with Gasteiger partial charge >= 0.3 is 0 Å². The lowest BCUT2D eigenvalue weighted by molar-refractivity contribution is -0.115. The van der Waals surface area contributed by atoms with Gasteiger partial charge in [0.15, 0.2) is 0 Å². The van der Waals surface area contributed by atoms with Gasteiger partial charge in [-0.3, -0.25) is 9.20 Å². The molecule has 6 heteroatoms. The Morgan fingerprint density at radius 1 is 1.04 bits per heavy atom. The Labute approximate surface area is 172 Å². The highest BCUT2D eigenvalue weighted by atomic mass is 35.5. The average Bonchev–Trinajstić information content (AvgIpc) is 3.04. The number of anilines is 1. The standard InChI is InChI=1S/C22H17Cl2N3O/c1-14-6-5-11-27-21(14)26-20(16-9-10-17(23)18(24)13-16)22(27)25-19(28)12-15-7-3-2-4-8-15/h2-11,13H,12H2,1H3,(H,25,28). The second-order valence-electron chi connectivity index (χ2n) is 6.53. The minimum atomic E-state index is -0.115. The third-order valence-corrected chi connectivity index (χ3v) is 5.24. The molecule has 4 rings (SSSR count). The quantitative estimate of drug-likeness (QED) is 0.462. The molecule has 1 amide bonds. The van der Waals surface area contributed by atoms with E-state index < -0.39 is 0 Å². The van der Waals surface area contributed by atoms with Crippen molar-refractivity contribution < 1.29 is 4.79 Å². The number of nitrogens with one attached hydrogen (secondary N) is 1. The zero-order chi connectivity index (χ0) is 19.7. The highest BCUT2D eigenvalue weighted by molar-refractivity contribution is 6.42. The van der Waals surface area contributed by atoms with Gasteiger partial charge in [0.2, 0.25) is 5.91 Å². The van der Waals surface area contributed by atoms with E-state index in [1.807, 2.05) is 66.1 Å².